The van der Waals surface area contributed by atoms with Crippen LogP contribution in [0.3, 0.4) is 0 Å². The van der Waals surface area contributed by atoms with Gasteiger partial charge >= 0.3 is 0 Å². The molecule has 1 amide bonds. The Labute approximate surface area is 98.3 Å². The van der Waals surface area contributed by atoms with E-state index in [0.29, 0.717) is 6.67 Å². The summed E-state index contributed by atoms with van der Waals surface area (Å²) in [5.74, 6) is 0.0741. The van der Waals surface area contributed by atoms with Crippen LogP contribution in [-0.2, 0) is 4.79 Å². The van der Waals surface area contributed by atoms with Crippen molar-refractivity contribution in [3.63, 3.8) is 0 Å². The first kappa shape index (κ1) is 9.93. The second-order valence-electron chi connectivity index (χ2n) is 3.90. The zero-order chi connectivity index (χ0) is 11.0. The van der Waals surface area contributed by atoms with E-state index in [0.717, 1.165) is 11.1 Å². The largest absolute Gasteiger partial charge is 0.343 e. The number of fused-ring (bicyclic) bond motifs is 1. The van der Waals surface area contributed by atoms with Gasteiger partial charge in [-0.05, 0) is 16.5 Å². The molecule has 2 aliphatic rings. The van der Waals surface area contributed by atoms with E-state index < -0.39 is 0 Å². The average molecular weight is 232 g/mol. The van der Waals surface area contributed by atoms with E-state index in [-0.39, 0.29) is 17.2 Å². The fourth-order valence-electron chi connectivity index (χ4n) is 2.13. The molecule has 0 radical (unpaired) electrons. The van der Waals surface area contributed by atoms with Gasteiger partial charge in [-0.1, -0.05) is 30.3 Å². The maximum absolute atomic E-state index is 11.9. The topological polar surface area (TPSA) is 41.1 Å². The van der Waals surface area contributed by atoms with Gasteiger partial charge < -0.3 is 5.32 Å². The number of rotatable bonds is 1. The number of carbonyl (C=O) groups is 1. The van der Waals surface area contributed by atoms with Crippen LogP contribution in [0.5, 0.6) is 0 Å². The monoisotopic (exact) mass is 232 g/mol. The molecule has 4 heteroatoms. The molecule has 3 rings (SSSR count). The SMILES string of the molecule is O=C1NCNC2SC=C(c3ccccc3)C12. The second-order valence-corrected chi connectivity index (χ2v) is 4.91. The molecule has 16 heavy (non-hydrogen) atoms. The first-order valence-electron chi connectivity index (χ1n) is 5.28. The summed E-state index contributed by atoms with van der Waals surface area (Å²) in [6, 6.07) is 10.1. The van der Waals surface area contributed by atoms with Gasteiger partial charge in [0.15, 0.2) is 0 Å². The summed E-state index contributed by atoms with van der Waals surface area (Å²) in [5, 5.41) is 8.44. The highest BCUT2D eigenvalue weighted by atomic mass is 32.2. The van der Waals surface area contributed by atoms with Gasteiger partial charge in [-0.15, -0.1) is 11.8 Å². The molecule has 2 atom stereocenters. The third-order valence-electron chi connectivity index (χ3n) is 2.93. The Hall–Kier alpha value is -1.26. The van der Waals surface area contributed by atoms with Crippen LogP contribution < -0.4 is 10.6 Å². The van der Waals surface area contributed by atoms with Crippen molar-refractivity contribution in [2.24, 2.45) is 5.92 Å². The molecule has 0 aromatic heterocycles. The van der Waals surface area contributed by atoms with Gasteiger partial charge in [-0.3, -0.25) is 10.1 Å². The quantitative estimate of drug-likeness (QED) is 0.769. The molecule has 1 saturated heterocycles. The molecule has 1 aromatic carbocycles. The predicted octanol–water partition coefficient (Wildman–Crippen LogP) is 1.39. The highest BCUT2D eigenvalue weighted by Crippen LogP contribution is 2.40. The normalized spacial score (nSPS) is 28.2. The van der Waals surface area contributed by atoms with E-state index in [1.165, 1.54) is 0 Å². The van der Waals surface area contributed by atoms with Gasteiger partial charge in [-0.25, -0.2) is 0 Å². The Kier molecular flexibility index (Phi) is 2.46. The molecule has 0 aliphatic carbocycles. The van der Waals surface area contributed by atoms with Crippen molar-refractivity contribution in [2.75, 3.05) is 6.67 Å². The number of thioether (sulfide) groups is 1. The predicted molar refractivity (Wildman–Crippen MR) is 65.4 cm³/mol. The zero-order valence-corrected chi connectivity index (χ0v) is 9.46. The molecule has 0 spiro atoms. The minimum absolute atomic E-state index is 0.0545. The Balaban J connectivity index is 1.95. The lowest BCUT2D eigenvalue weighted by molar-refractivity contribution is -0.124. The summed E-state index contributed by atoms with van der Waals surface area (Å²) in [6.07, 6.45) is 0. The van der Waals surface area contributed by atoms with Crippen LogP contribution >= 0.6 is 11.8 Å². The van der Waals surface area contributed by atoms with E-state index in [4.69, 9.17) is 0 Å². The van der Waals surface area contributed by atoms with Crippen LogP contribution in [-0.4, -0.2) is 17.9 Å². The van der Waals surface area contributed by atoms with Gasteiger partial charge in [-0.2, -0.15) is 0 Å². The minimum atomic E-state index is -0.0545. The Morgan fingerprint density at radius 3 is 2.88 bits per heavy atom. The van der Waals surface area contributed by atoms with Crippen molar-refractivity contribution in [3.8, 4) is 0 Å². The molecule has 2 unspecified atom stereocenters. The summed E-state index contributed by atoms with van der Waals surface area (Å²) in [4.78, 5) is 11.9. The van der Waals surface area contributed by atoms with Gasteiger partial charge in [0.2, 0.25) is 5.91 Å². The van der Waals surface area contributed by atoms with Crippen LogP contribution in [0.25, 0.3) is 5.57 Å². The lowest BCUT2D eigenvalue weighted by Gasteiger charge is -2.27. The first-order chi connectivity index (χ1) is 7.86. The van der Waals surface area contributed by atoms with Crippen molar-refractivity contribution in [2.45, 2.75) is 5.37 Å². The summed E-state index contributed by atoms with van der Waals surface area (Å²) in [5.41, 5.74) is 2.27. The van der Waals surface area contributed by atoms with E-state index in [9.17, 15) is 4.79 Å². The van der Waals surface area contributed by atoms with Gasteiger partial charge in [0.1, 0.15) is 0 Å². The molecule has 2 N–H and O–H groups in total. The minimum Gasteiger partial charge on any atom is -0.343 e. The molecule has 0 saturated carbocycles. The standard InChI is InChI=1S/C12H12N2OS/c15-11-10-9(8-4-2-1-3-5-8)6-16-12(10)14-7-13-11/h1-6,10,12,14H,7H2,(H,13,15). The maximum Gasteiger partial charge on any atom is 0.231 e. The molecule has 1 aromatic rings. The van der Waals surface area contributed by atoms with Gasteiger partial charge in [0.25, 0.3) is 0 Å². The molecule has 0 bridgehead atoms. The Morgan fingerprint density at radius 2 is 2.06 bits per heavy atom. The van der Waals surface area contributed by atoms with Crippen LogP contribution in [0.4, 0.5) is 0 Å². The average Bonchev–Trinajstić information content (AvgIpc) is 2.75. The van der Waals surface area contributed by atoms with E-state index >= 15 is 0 Å². The van der Waals surface area contributed by atoms with Crippen LogP contribution in [0, 0.1) is 5.92 Å². The summed E-state index contributed by atoms with van der Waals surface area (Å²) in [6.45, 7) is 0.572. The second kappa shape index (κ2) is 3.96. The smallest absolute Gasteiger partial charge is 0.231 e. The van der Waals surface area contributed by atoms with Crippen LogP contribution in [0.15, 0.2) is 35.7 Å². The molecule has 2 aliphatic heterocycles. The van der Waals surface area contributed by atoms with E-state index in [2.05, 4.69) is 28.2 Å². The third kappa shape index (κ3) is 1.54. The molecular formula is C12H12N2OS. The number of hydrogen-bond donors (Lipinski definition) is 2. The zero-order valence-electron chi connectivity index (χ0n) is 8.64. The van der Waals surface area contributed by atoms with E-state index in [1.807, 2.05) is 18.2 Å². The van der Waals surface area contributed by atoms with Crippen LogP contribution in [0.2, 0.25) is 0 Å². The first-order valence-corrected chi connectivity index (χ1v) is 6.22. The molecule has 82 valence electrons. The summed E-state index contributed by atoms with van der Waals surface area (Å²) in [7, 11) is 0. The number of carbonyl (C=O) groups excluding carboxylic acids is 1. The van der Waals surface area contributed by atoms with Crippen molar-refractivity contribution >= 4 is 23.2 Å². The van der Waals surface area contributed by atoms with Gasteiger partial charge in [0.05, 0.1) is 18.0 Å². The highest BCUT2D eigenvalue weighted by molar-refractivity contribution is 8.03. The molecular weight excluding hydrogens is 220 g/mol. The fourth-order valence-corrected chi connectivity index (χ4v) is 3.32. The van der Waals surface area contributed by atoms with Gasteiger partial charge in [0, 0.05) is 0 Å². The van der Waals surface area contributed by atoms with Crippen molar-refractivity contribution in [3.05, 3.63) is 41.3 Å². The number of hydrogen-bond acceptors (Lipinski definition) is 3. The number of benzene rings is 1. The lowest BCUT2D eigenvalue weighted by atomic mass is 9.92. The maximum atomic E-state index is 11.9. The number of nitrogens with one attached hydrogen (secondary N) is 2. The molecule has 3 nitrogen and oxygen atoms in total. The van der Waals surface area contributed by atoms with Crippen LogP contribution in [0.1, 0.15) is 5.56 Å². The van der Waals surface area contributed by atoms with Crippen molar-refractivity contribution in [1.82, 2.24) is 10.6 Å². The molecule has 1 fully saturated rings. The number of amides is 1. The van der Waals surface area contributed by atoms with E-state index in [1.54, 1.807) is 11.8 Å². The fraction of sp³-hybridized carbons (Fsp3) is 0.250. The van der Waals surface area contributed by atoms with Crippen molar-refractivity contribution in [1.29, 1.82) is 0 Å². The third-order valence-corrected chi connectivity index (χ3v) is 4.06. The Bertz CT molecular complexity index is 444. The lowest BCUT2D eigenvalue weighted by Crippen LogP contribution is -2.52. The highest BCUT2D eigenvalue weighted by Gasteiger charge is 2.38. The Morgan fingerprint density at radius 1 is 1.25 bits per heavy atom. The van der Waals surface area contributed by atoms with Crippen molar-refractivity contribution < 1.29 is 4.79 Å². The summed E-state index contributed by atoms with van der Waals surface area (Å²) < 4.78 is 0. The molecule has 2 heterocycles. The summed E-state index contributed by atoms with van der Waals surface area (Å²) >= 11 is 1.70.